The van der Waals surface area contributed by atoms with Crippen molar-refractivity contribution < 1.29 is 27.6 Å². The second kappa shape index (κ2) is 6.81. The molecule has 0 spiro atoms. The fourth-order valence-corrected chi connectivity index (χ4v) is 4.40. The van der Waals surface area contributed by atoms with Gasteiger partial charge in [-0.25, -0.2) is 0 Å². The molecule has 2 aliphatic rings. The molecule has 1 N–H and O–H groups in total. The van der Waals surface area contributed by atoms with Crippen LogP contribution in [0.3, 0.4) is 0 Å². The molecule has 1 fully saturated rings. The third-order valence-electron chi connectivity index (χ3n) is 5.63. The molecule has 2 aliphatic heterocycles. The first kappa shape index (κ1) is 18.8. The highest BCUT2D eigenvalue weighted by atomic mass is 19.4. The summed E-state index contributed by atoms with van der Waals surface area (Å²) < 4.78 is 41.0. The molecule has 0 saturated carbocycles. The fourth-order valence-electron chi connectivity index (χ4n) is 4.40. The largest absolute Gasteiger partial charge is 0.573 e. The molecule has 148 valence electrons. The Hall–Kier alpha value is -2.54. The summed E-state index contributed by atoms with van der Waals surface area (Å²) in [6.45, 7) is 3.98. The second-order valence-electron chi connectivity index (χ2n) is 7.68. The normalized spacial score (nSPS) is 23.9. The summed E-state index contributed by atoms with van der Waals surface area (Å²) in [5, 5.41) is 0. The van der Waals surface area contributed by atoms with Crippen LogP contribution in [0, 0.1) is 6.92 Å². The molecule has 3 atom stereocenters. The molecular formula is C21H22F3N2O2+. The molecular weight excluding hydrogens is 369 g/mol. The number of alkyl halides is 3. The van der Waals surface area contributed by atoms with E-state index in [2.05, 4.69) is 17.9 Å². The van der Waals surface area contributed by atoms with Crippen LogP contribution >= 0.6 is 0 Å². The minimum Gasteiger partial charge on any atom is -0.406 e. The van der Waals surface area contributed by atoms with Crippen LogP contribution in [0.5, 0.6) is 5.75 Å². The van der Waals surface area contributed by atoms with E-state index in [1.807, 2.05) is 24.0 Å². The van der Waals surface area contributed by atoms with Crippen LogP contribution in [0.15, 0.2) is 42.5 Å². The number of ether oxygens (including phenoxy) is 1. The molecule has 2 heterocycles. The van der Waals surface area contributed by atoms with Gasteiger partial charge in [-0.2, -0.15) is 0 Å². The van der Waals surface area contributed by atoms with Crippen molar-refractivity contribution >= 4 is 11.6 Å². The lowest BCUT2D eigenvalue weighted by Crippen LogP contribution is -3.11. The smallest absolute Gasteiger partial charge is 0.406 e. The summed E-state index contributed by atoms with van der Waals surface area (Å²) in [5.74, 6) is -0.238. The highest BCUT2D eigenvalue weighted by Gasteiger charge is 2.45. The number of likely N-dealkylation sites (N-methyl/N-ethyl adjacent to an activating group) is 1. The van der Waals surface area contributed by atoms with Crippen LogP contribution in [0.2, 0.25) is 0 Å². The van der Waals surface area contributed by atoms with E-state index in [0.29, 0.717) is 5.56 Å². The van der Waals surface area contributed by atoms with Gasteiger partial charge >= 0.3 is 6.36 Å². The van der Waals surface area contributed by atoms with Crippen molar-refractivity contribution in [3.8, 4) is 5.75 Å². The summed E-state index contributed by atoms with van der Waals surface area (Å²) >= 11 is 0. The maximum atomic E-state index is 13.3. The zero-order valence-corrected chi connectivity index (χ0v) is 15.7. The Kier molecular flexibility index (Phi) is 4.57. The number of benzene rings is 2. The number of carbonyl (C=O) groups is 1. The van der Waals surface area contributed by atoms with Crippen molar-refractivity contribution in [1.29, 1.82) is 0 Å². The summed E-state index contributed by atoms with van der Waals surface area (Å²) in [6.07, 6.45) is -3.85. The number of rotatable bonds is 2. The molecule has 28 heavy (non-hydrogen) atoms. The van der Waals surface area contributed by atoms with Crippen LogP contribution in [-0.2, 0) is 0 Å². The third-order valence-corrected chi connectivity index (χ3v) is 5.63. The Labute approximate surface area is 161 Å². The van der Waals surface area contributed by atoms with E-state index in [1.54, 1.807) is 0 Å². The van der Waals surface area contributed by atoms with Crippen molar-refractivity contribution in [3.63, 3.8) is 0 Å². The minimum absolute atomic E-state index is 0.0825. The van der Waals surface area contributed by atoms with E-state index in [-0.39, 0.29) is 23.6 Å². The number of aryl methyl sites for hydroxylation is 1. The minimum atomic E-state index is -4.75. The number of halogens is 3. The van der Waals surface area contributed by atoms with Crippen molar-refractivity contribution in [2.24, 2.45) is 0 Å². The van der Waals surface area contributed by atoms with Gasteiger partial charge in [-0.15, -0.1) is 13.2 Å². The first-order chi connectivity index (χ1) is 13.2. The molecule has 7 heteroatoms. The van der Waals surface area contributed by atoms with E-state index >= 15 is 0 Å². The molecule has 4 nitrogen and oxygen atoms in total. The maximum absolute atomic E-state index is 13.3. The number of likely N-dealkylation sites (tertiary alicyclic amines) is 1. The monoisotopic (exact) mass is 391 g/mol. The highest BCUT2D eigenvalue weighted by molar-refractivity contribution is 6.08. The lowest BCUT2D eigenvalue weighted by atomic mass is 9.88. The topological polar surface area (TPSA) is 34.0 Å². The molecule has 2 aromatic rings. The number of amides is 1. The van der Waals surface area contributed by atoms with Crippen LogP contribution in [-0.4, -0.2) is 38.4 Å². The molecule has 0 radical (unpaired) electrons. The first-order valence-corrected chi connectivity index (χ1v) is 9.34. The number of hydrogen-bond donors (Lipinski definition) is 1. The van der Waals surface area contributed by atoms with Crippen LogP contribution in [0.1, 0.15) is 33.8 Å². The predicted octanol–water partition coefficient (Wildman–Crippen LogP) is 2.92. The Bertz CT molecular complexity index is 896. The molecule has 2 aromatic carbocycles. The van der Waals surface area contributed by atoms with Gasteiger partial charge in [-0.1, -0.05) is 17.7 Å². The number of quaternary nitrogens is 1. The quantitative estimate of drug-likeness (QED) is 0.854. The number of anilines is 1. The number of nitrogens with one attached hydrogen (secondary N) is 1. The van der Waals surface area contributed by atoms with Gasteiger partial charge in [0, 0.05) is 17.7 Å². The van der Waals surface area contributed by atoms with Crippen molar-refractivity contribution in [1.82, 2.24) is 0 Å². The van der Waals surface area contributed by atoms with Gasteiger partial charge in [-0.05, 0) is 42.8 Å². The van der Waals surface area contributed by atoms with E-state index in [0.717, 1.165) is 30.8 Å². The van der Waals surface area contributed by atoms with E-state index in [1.165, 1.54) is 34.7 Å². The number of carbonyl (C=O) groups excluding carboxylic acids is 1. The zero-order chi connectivity index (χ0) is 20.1. The van der Waals surface area contributed by atoms with Gasteiger partial charge in [0.2, 0.25) is 0 Å². The van der Waals surface area contributed by atoms with Crippen molar-refractivity contribution in [3.05, 3.63) is 59.2 Å². The summed E-state index contributed by atoms with van der Waals surface area (Å²) in [7, 11) is 2.16. The van der Waals surface area contributed by atoms with Gasteiger partial charge in [0.1, 0.15) is 5.75 Å². The Morgan fingerprint density at radius 2 is 1.89 bits per heavy atom. The average molecular weight is 391 g/mol. The van der Waals surface area contributed by atoms with Gasteiger partial charge in [-0.3, -0.25) is 4.79 Å². The molecule has 0 bridgehead atoms. The number of fused-ring (bicyclic) bond motifs is 3. The standard InChI is InChI=1S/C21H21F3N2O2/c1-13-3-8-18-16(11-13)17-12-25(2)10-9-19(17)26(18)20(27)14-4-6-15(7-5-14)28-21(22,23)24/h3-8,11,17,19H,9-10,12H2,1-2H3/p+1/t17-,19-/m0/s1. The predicted molar refractivity (Wildman–Crippen MR) is 98.9 cm³/mol. The highest BCUT2D eigenvalue weighted by Crippen LogP contribution is 2.43. The van der Waals surface area contributed by atoms with Gasteiger partial charge in [0.15, 0.2) is 0 Å². The molecule has 1 amide bonds. The molecule has 0 aromatic heterocycles. The summed E-state index contributed by atoms with van der Waals surface area (Å²) in [5.41, 5.74) is 3.61. The van der Waals surface area contributed by atoms with E-state index in [4.69, 9.17) is 0 Å². The average Bonchev–Trinajstić information content (AvgIpc) is 2.93. The van der Waals surface area contributed by atoms with Crippen LogP contribution in [0.4, 0.5) is 18.9 Å². The summed E-state index contributed by atoms with van der Waals surface area (Å²) in [4.78, 5) is 16.6. The van der Waals surface area contributed by atoms with Crippen LogP contribution < -0.4 is 14.5 Å². The number of hydrogen-bond acceptors (Lipinski definition) is 2. The molecule has 0 aliphatic carbocycles. The molecule has 1 saturated heterocycles. The zero-order valence-electron chi connectivity index (χ0n) is 15.7. The lowest BCUT2D eigenvalue weighted by Gasteiger charge is -2.34. The van der Waals surface area contributed by atoms with E-state index < -0.39 is 6.36 Å². The Morgan fingerprint density at radius 1 is 1.18 bits per heavy atom. The van der Waals surface area contributed by atoms with Crippen molar-refractivity contribution in [2.45, 2.75) is 31.7 Å². The Balaban J connectivity index is 1.65. The third kappa shape index (κ3) is 3.46. The second-order valence-corrected chi connectivity index (χ2v) is 7.68. The maximum Gasteiger partial charge on any atom is 0.573 e. The Morgan fingerprint density at radius 3 is 2.57 bits per heavy atom. The van der Waals surface area contributed by atoms with Gasteiger partial charge in [0.05, 0.1) is 32.1 Å². The summed E-state index contributed by atoms with van der Waals surface area (Å²) in [6, 6.07) is 11.4. The van der Waals surface area contributed by atoms with E-state index in [9.17, 15) is 18.0 Å². The number of piperidine rings is 1. The molecule has 4 rings (SSSR count). The number of nitrogens with zero attached hydrogens (tertiary/aromatic N) is 1. The fraction of sp³-hybridized carbons (Fsp3) is 0.381. The van der Waals surface area contributed by atoms with Crippen LogP contribution in [0.25, 0.3) is 0 Å². The van der Waals surface area contributed by atoms with Crippen molar-refractivity contribution in [2.75, 3.05) is 25.0 Å². The van der Waals surface area contributed by atoms with Gasteiger partial charge < -0.3 is 14.5 Å². The SMILES string of the molecule is Cc1ccc2c(c1)[C@@H]1C[NH+](C)CC[C@@H]1N2C(=O)c1ccc(OC(F)(F)F)cc1. The lowest BCUT2D eigenvalue weighted by molar-refractivity contribution is -0.886. The molecule has 1 unspecified atom stereocenters. The first-order valence-electron chi connectivity index (χ1n) is 9.34. The van der Waals surface area contributed by atoms with Gasteiger partial charge in [0.25, 0.3) is 5.91 Å².